The van der Waals surface area contributed by atoms with Crippen molar-refractivity contribution < 1.29 is 0 Å². The van der Waals surface area contributed by atoms with E-state index in [1.54, 1.807) is 6.33 Å². The Labute approximate surface area is 97.6 Å². The molecule has 15 heavy (non-hydrogen) atoms. The molecule has 0 aliphatic carbocycles. The Balaban J connectivity index is 2.83. The van der Waals surface area contributed by atoms with Crippen molar-refractivity contribution in [2.75, 3.05) is 0 Å². The van der Waals surface area contributed by atoms with E-state index in [-0.39, 0.29) is 0 Å². The van der Waals surface area contributed by atoms with Crippen molar-refractivity contribution in [1.82, 2.24) is 14.6 Å². The lowest BCUT2D eigenvalue weighted by molar-refractivity contribution is 0.776. The topological polar surface area (TPSA) is 30.2 Å². The number of hydrogen-bond acceptors (Lipinski definition) is 2. The number of fused-ring (bicyclic) bond motifs is 1. The van der Waals surface area contributed by atoms with E-state index in [2.05, 4.69) is 57.4 Å². The van der Waals surface area contributed by atoms with Crippen molar-refractivity contribution in [1.29, 1.82) is 0 Å². The first-order chi connectivity index (χ1) is 7.15. The smallest absolute Gasteiger partial charge is 0.175 e. The van der Waals surface area contributed by atoms with Crippen LogP contribution in [0.3, 0.4) is 0 Å². The number of aryl methyl sites for hydroxylation is 1. The first-order valence-electron chi connectivity index (χ1n) is 5.16. The Bertz CT molecular complexity index is 488. The van der Waals surface area contributed by atoms with Crippen LogP contribution in [0.2, 0.25) is 0 Å². The van der Waals surface area contributed by atoms with Crippen LogP contribution in [0.15, 0.2) is 16.9 Å². The van der Waals surface area contributed by atoms with Crippen molar-refractivity contribution in [3.05, 3.63) is 28.1 Å². The lowest BCUT2D eigenvalue weighted by atomic mass is 10.0. The van der Waals surface area contributed by atoms with Crippen molar-refractivity contribution in [3.63, 3.8) is 0 Å². The highest BCUT2D eigenvalue weighted by atomic mass is 79.9. The van der Waals surface area contributed by atoms with Crippen LogP contribution in [0.5, 0.6) is 0 Å². The van der Waals surface area contributed by atoms with E-state index >= 15 is 0 Å². The molecule has 4 heteroatoms. The minimum Gasteiger partial charge on any atom is -0.284 e. The molecule has 0 fully saturated rings. The third-order valence-electron chi connectivity index (χ3n) is 2.58. The molecular weight excluding hydrogens is 254 g/mol. The first-order valence-corrected chi connectivity index (χ1v) is 5.95. The second-order valence-corrected chi connectivity index (χ2v) is 4.79. The molecule has 0 aromatic carbocycles. The molecule has 0 aliphatic heterocycles. The number of halogens is 1. The van der Waals surface area contributed by atoms with Gasteiger partial charge in [0, 0.05) is 5.69 Å². The molecule has 0 spiro atoms. The van der Waals surface area contributed by atoms with Gasteiger partial charge in [0.25, 0.3) is 0 Å². The summed E-state index contributed by atoms with van der Waals surface area (Å²) in [5.74, 6) is 0.478. The molecule has 3 nitrogen and oxygen atoms in total. The van der Waals surface area contributed by atoms with E-state index in [9.17, 15) is 0 Å². The fourth-order valence-electron chi connectivity index (χ4n) is 1.95. The summed E-state index contributed by atoms with van der Waals surface area (Å²) in [5, 5.41) is 8.07. The van der Waals surface area contributed by atoms with Gasteiger partial charge in [-0.25, -0.2) is 0 Å². The van der Waals surface area contributed by atoms with Gasteiger partial charge in [0.15, 0.2) is 5.65 Å². The molecule has 0 saturated carbocycles. The van der Waals surface area contributed by atoms with Crippen LogP contribution in [0.1, 0.15) is 37.9 Å². The SMILES string of the molecule is CCc1cc(Br)c2nncn2c1C(C)C. The molecule has 80 valence electrons. The quantitative estimate of drug-likeness (QED) is 0.837. The van der Waals surface area contributed by atoms with Gasteiger partial charge in [0.05, 0.1) is 4.47 Å². The number of aromatic nitrogens is 3. The maximum atomic E-state index is 4.10. The van der Waals surface area contributed by atoms with Crippen LogP contribution in [-0.4, -0.2) is 14.6 Å². The number of nitrogens with zero attached hydrogens (tertiary/aromatic N) is 3. The Morgan fingerprint density at radius 3 is 2.80 bits per heavy atom. The van der Waals surface area contributed by atoms with Crippen LogP contribution >= 0.6 is 15.9 Å². The normalized spacial score (nSPS) is 11.5. The van der Waals surface area contributed by atoms with E-state index in [4.69, 9.17) is 0 Å². The molecule has 0 N–H and O–H groups in total. The van der Waals surface area contributed by atoms with E-state index in [1.165, 1.54) is 11.3 Å². The molecular formula is C11H14BrN3. The van der Waals surface area contributed by atoms with Crippen molar-refractivity contribution >= 4 is 21.6 Å². The molecule has 2 rings (SSSR count). The molecule has 0 bridgehead atoms. The maximum absolute atomic E-state index is 4.10. The van der Waals surface area contributed by atoms with E-state index in [1.807, 2.05) is 0 Å². The molecule has 0 atom stereocenters. The fraction of sp³-hybridized carbons (Fsp3) is 0.455. The first kappa shape index (κ1) is 10.6. The van der Waals surface area contributed by atoms with Crippen molar-refractivity contribution in [3.8, 4) is 0 Å². The standard InChI is InChI=1S/C11H14BrN3/c1-4-8-5-9(12)11-14-13-6-15(11)10(8)7(2)3/h5-7H,4H2,1-3H3. The fourth-order valence-corrected chi connectivity index (χ4v) is 2.50. The van der Waals surface area contributed by atoms with E-state index in [0.29, 0.717) is 5.92 Å². The van der Waals surface area contributed by atoms with Gasteiger partial charge in [-0.2, -0.15) is 0 Å². The second-order valence-electron chi connectivity index (χ2n) is 3.94. The Morgan fingerprint density at radius 2 is 2.20 bits per heavy atom. The van der Waals surface area contributed by atoms with Gasteiger partial charge in [-0.1, -0.05) is 20.8 Å². The van der Waals surface area contributed by atoms with Gasteiger partial charge >= 0.3 is 0 Å². The molecule has 0 saturated heterocycles. The van der Waals surface area contributed by atoms with Crippen LogP contribution in [0, 0.1) is 0 Å². The van der Waals surface area contributed by atoms with E-state index < -0.39 is 0 Å². The van der Waals surface area contributed by atoms with Gasteiger partial charge in [-0.15, -0.1) is 10.2 Å². The van der Waals surface area contributed by atoms with Gasteiger partial charge in [-0.05, 0) is 39.9 Å². The summed E-state index contributed by atoms with van der Waals surface area (Å²) < 4.78 is 3.09. The molecule has 0 amide bonds. The zero-order valence-corrected chi connectivity index (χ0v) is 10.7. The van der Waals surface area contributed by atoms with Crippen LogP contribution in [-0.2, 0) is 6.42 Å². The summed E-state index contributed by atoms with van der Waals surface area (Å²) in [4.78, 5) is 0. The summed E-state index contributed by atoms with van der Waals surface area (Å²) in [5.41, 5.74) is 3.56. The third kappa shape index (κ3) is 1.67. The molecule has 2 heterocycles. The maximum Gasteiger partial charge on any atom is 0.175 e. The zero-order chi connectivity index (χ0) is 11.0. The van der Waals surface area contributed by atoms with Crippen LogP contribution in [0.25, 0.3) is 5.65 Å². The van der Waals surface area contributed by atoms with Gasteiger partial charge in [-0.3, -0.25) is 4.40 Å². The summed E-state index contributed by atoms with van der Waals surface area (Å²) in [6.45, 7) is 6.56. The van der Waals surface area contributed by atoms with Gasteiger partial charge in [0.1, 0.15) is 6.33 Å². The summed E-state index contributed by atoms with van der Waals surface area (Å²) >= 11 is 3.53. The van der Waals surface area contributed by atoms with Crippen molar-refractivity contribution in [2.24, 2.45) is 0 Å². The molecule has 0 radical (unpaired) electrons. The zero-order valence-electron chi connectivity index (χ0n) is 9.16. The van der Waals surface area contributed by atoms with Crippen LogP contribution < -0.4 is 0 Å². The van der Waals surface area contributed by atoms with E-state index in [0.717, 1.165) is 16.5 Å². The minimum atomic E-state index is 0.478. The molecule has 0 aliphatic rings. The summed E-state index contributed by atoms with van der Waals surface area (Å²) in [7, 11) is 0. The van der Waals surface area contributed by atoms with Gasteiger partial charge in [0.2, 0.25) is 0 Å². The lowest BCUT2D eigenvalue weighted by Gasteiger charge is -2.14. The molecule has 0 unspecified atom stereocenters. The largest absolute Gasteiger partial charge is 0.284 e. The Morgan fingerprint density at radius 1 is 1.47 bits per heavy atom. The highest BCUT2D eigenvalue weighted by molar-refractivity contribution is 9.10. The van der Waals surface area contributed by atoms with Gasteiger partial charge < -0.3 is 0 Å². The van der Waals surface area contributed by atoms with Crippen molar-refractivity contribution in [2.45, 2.75) is 33.1 Å². The number of hydrogen-bond donors (Lipinski definition) is 0. The predicted molar refractivity (Wildman–Crippen MR) is 64.2 cm³/mol. The lowest BCUT2D eigenvalue weighted by Crippen LogP contribution is -2.04. The average Bonchev–Trinajstić information content (AvgIpc) is 2.65. The average molecular weight is 268 g/mol. The Kier molecular flexibility index (Phi) is 2.78. The Hall–Kier alpha value is -0.900. The second kappa shape index (κ2) is 3.93. The minimum absolute atomic E-state index is 0.478. The molecule has 2 aromatic heterocycles. The number of pyridine rings is 1. The highest BCUT2D eigenvalue weighted by Gasteiger charge is 2.13. The third-order valence-corrected chi connectivity index (χ3v) is 3.16. The summed E-state index contributed by atoms with van der Waals surface area (Å²) in [6, 6.07) is 2.15. The van der Waals surface area contributed by atoms with Crippen LogP contribution in [0.4, 0.5) is 0 Å². The number of rotatable bonds is 2. The molecule has 2 aromatic rings. The predicted octanol–water partition coefficient (Wildman–Crippen LogP) is 3.18. The monoisotopic (exact) mass is 267 g/mol. The summed E-state index contributed by atoms with van der Waals surface area (Å²) in [6.07, 6.45) is 2.81. The highest BCUT2D eigenvalue weighted by Crippen LogP contribution is 2.26.